The molecule has 0 spiro atoms. The lowest BCUT2D eigenvalue weighted by Gasteiger charge is -2.11. The van der Waals surface area contributed by atoms with Crippen molar-refractivity contribution >= 4 is 24.0 Å². The Bertz CT molecular complexity index is 1250. The van der Waals surface area contributed by atoms with E-state index in [2.05, 4.69) is 15.8 Å². The van der Waals surface area contributed by atoms with Gasteiger partial charge in [0.2, 0.25) is 0 Å². The summed E-state index contributed by atoms with van der Waals surface area (Å²) < 4.78 is 16.2. The summed E-state index contributed by atoms with van der Waals surface area (Å²) in [6.07, 6.45) is 1.41. The average molecular weight is 490 g/mol. The molecule has 0 saturated carbocycles. The van der Waals surface area contributed by atoms with Crippen molar-refractivity contribution in [1.82, 2.24) is 10.7 Å². The van der Waals surface area contributed by atoms with E-state index in [-0.39, 0.29) is 18.2 Å². The fraction of sp³-hybridized carbons (Fsp3) is 0.185. The molecule has 0 bridgehead atoms. The SMILES string of the molecule is CCOc1cc(/C=N/NC(=O)CNC(=O)c2cccc(C)c2)ccc1OC(=O)c1ccc(OC)cc1. The monoisotopic (exact) mass is 489 g/mol. The molecular weight excluding hydrogens is 462 g/mol. The zero-order chi connectivity index (χ0) is 25.9. The number of aryl methyl sites for hydroxylation is 1. The molecule has 186 valence electrons. The smallest absolute Gasteiger partial charge is 0.343 e. The van der Waals surface area contributed by atoms with Gasteiger partial charge < -0.3 is 19.5 Å². The topological polar surface area (TPSA) is 115 Å². The maximum atomic E-state index is 12.5. The highest BCUT2D eigenvalue weighted by Crippen LogP contribution is 2.29. The van der Waals surface area contributed by atoms with Gasteiger partial charge in [0.1, 0.15) is 5.75 Å². The molecule has 0 unspecified atom stereocenters. The highest BCUT2D eigenvalue weighted by molar-refractivity contribution is 5.96. The lowest BCUT2D eigenvalue weighted by atomic mass is 10.1. The standard InChI is InChI=1S/C27H27N3O6/c1-4-35-24-15-19(8-13-23(24)36-27(33)20-9-11-22(34-3)12-10-20)16-29-30-25(31)17-28-26(32)21-7-5-6-18(2)14-21/h5-16H,4,17H2,1-3H3,(H,28,32)(H,30,31)/b29-16+. The number of ether oxygens (including phenoxy) is 3. The Balaban J connectivity index is 1.57. The first kappa shape index (κ1) is 26.0. The van der Waals surface area contributed by atoms with Gasteiger partial charge in [0.25, 0.3) is 11.8 Å². The van der Waals surface area contributed by atoms with Crippen LogP contribution in [0.3, 0.4) is 0 Å². The second kappa shape index (κ2) is 12.7. The molecule has 0 aliphatic carbocycles. The van der Waals surface area contributed by atoms with Crippen molar-refractivity contribution < 1.29 is 28.6 Å². The van der Waals surface area contributed by atoms with Crippen LogP contribution in [0.1, 0.15) is 38.8 Å². The summed E-state index contributed by atoms with van der Waals surface area (Å²) >= 11 is 0. The minimum Gasteiger partial charge on any atom is -0.497 e. The first-order chi connectivity index (χ1) is 17.4. The lowest BCUT2D eigenvalue weighted by Crippen LogP contribution is -2.34. The van der Waals surface area contributed by atoms with Gasteiger partial charge in [-0.25, -0.2) is 10.2 Å². The molecule has 0 atom stereocenters. The second-order valence-corrected chi connectivity index (χ2v) is 7.60. The first-order valence-electron chi connectivity index (χ1n) is 11.2. The molecule has 9 nitrogen and oxygen atoms in total. The number of nitrogens with zero attached hydrogens (tertiary/aromatic N) is 1. The average Bonchev–Trinajstić information content (AvgIpc) is 2.88. The number of hydrogen-bond acceptors (Lipinski definition) is 7. The van der Waals surface area contributed by atoms with Crippen LogP contribution >= 0.6 is 0 Å². The first-order valence-corrected chi connectivity index (χ1v) is 11.2. The minimum atomic E-state index is -0.542. The Morgan fingerprint density at radius 3 is 2.42 bits per heavy atom. The molecule has 3 aromatic carbocycles. The molecule has 0 fully saturated rings. The van der Waals surface area contributed by atoms with Crippen LogP contribution in [0.25, 0.3) is 0 Å². The largest absolute Gasteiger partial charge is 0.497 e. The van der Waals surface area contributed by atoms with E-state index in [4.69, 9.17) is 14.2 Å². The van der Waals surface area contributed by atoms with Crippen molar-refractivity contribution in [3.63, 3.8) is 0 Å². The number of hydrazone groups is 1. The molecule has 0 radical (unpaired) electrons. The third-order valence-corrected chi connectivity index (χ3v) is 4.89. The number of benzene rings is 3. The normalized spacial score (nSPS) is 10.5. The van der Waals surface area contributed by atoms with Crippen LogP contribution in [0, 0.1) is 6.92 Å². The van der Waals surface area contributed by atoms with Gasteiger partial charge in [-0.1, -0.05) is 17.7 Å². The second-order valence-electron chi connectivity index (χ2n) is 7.60. The number of carbonyl (C=O) groups excluding carboxylic acids is 3. The Morgan fingerprint density at radius 1 is 0.944 bits per heavy atom. The number of hydrogen-bond donors (Lipinski definition) is 2. The van der Waals surface area contributed by atoms with Gasteiger partial charge in [-0.2, -0.15) is 5.10 Å². The number of rotatable bonds is 10. The minimum absolute atomic E-state index is 0.228. The van der Waals surface area contributed by atoms with Crippen LogP contribution in [-0.4, -0.2) is 44.3 Å². The van der Waals surface area contributed by atoms with E-state index < -0.39 is 11.9 Å². The van der Waals surface area contributed by atoms with Gasteiger partial charge in [-0.3, -0.25) is 9.59 Å². The van der Waals surface area contributed by atoms with Gasteiger partial charge >= 0.3 is 5.97 Å². The van der Waals surface area contributed by atoms with Gasteiger partial charge in [-0.05, 0) is 74.0 Å². The lowest BCUT2D eigenvalue weighted by molar-refractivity contribution is -0.120. The van der Waals surface area contributed by atoms with E-state index in [1.165, 1.54) is 6.21 Å². The summed E-state index contributed by atoms with van der Waals surface area (Å²) in [6, 6.07) is 18.5. The predicted octanol–water partition coefficient (Wildman–Crippen LogP) is 3.50. The Hall–Kier alpha value is -4.66. The van der Waals surface area contributed by atoms with E-state index >= 15 is 0 Å². The van der Waals surface area contributed by atoms with E-state index in [9.17, 15) is 14.4 Å². The Kier molecular flexibility index (Phi) is 9.16. The maximum Gasteiger partial charge on any atom is 0.343 e. The number of amides is 2. The molecule has 3 aromatic rings. The number of methoxy groups -OCH3 is 1. The van der Waals surface area contributed by atoms with Gasteiger partial charge in [-0.15, -0.1) is 0 Å². The Morgan fingerprint density at radius 2 is 1.72 bits per heavy atom. The molecule has 2 amide bonds. The molecule has 2 N–H and O–H groups in total. The third kappa shape index (κ3) is 7.42. The zero-order valence-corrected chi connectivity index (χ0v) is 20.2. The zero-order valence-electron chi connectivity index (χ0n) is 20.2. The molecule has 0 aliphatic heterocycles. The van der Waals surface area contributed by atoms with E-state index in [0.717, 1.165) is 5.56 Å². The number of nitrogens with one attached hydrogen (secondary N) is 2. The van der Waals surface area contributed by atoms with Crippen LogP contribution in [0.5, 0.6) is 17.2 Å². The molecular formula is C27H27N3O6. The Labute approximate surface area is 209 Å². The molecule has 0 aromatic heterocycles. The van der Waals surface area contributed by atoms with E-state index in [1.807, 2.05) is 13.0 Å². The molecule has 0 saturated heterocycles. The molecule has 9 heteroatoms. The highest BCUT2D eigenvalue weighted by atomic mass is 16.6. The predicted molar refractivity (Wildman–Crippen MR) is 135 cm³/mol. The van der Waals surface area contributed by atoms with Crippen LogP contribution in [0.15, 0.2) is 71.8 Å². The quantitative estimate of drug-likeness (QED) is 0.195. The van der Waals surface area contributed by atoms with Gasteiger partial charge in [0, 0.05) is 5.56 Å². The molecule has 0 heterocycles. The summed E-state index contributed by atoms with van der Waals surface area (Å²) in [5.41, 5.74) is 4.75. The summed E-state index contributed by atoms with van der Waals surface area (Å²) in [6.45, 7) is 3.81. The van der Waals surface area contributed by atoms with Crippen LogP contribution in [-0.2, 0) is 4.79 Å². The molecule has 3 rings (SSSR count). The van der Waals surface area contributed by atoms with Crippen molar-refractivity contribution in [1.29, 1.82) is 0 Å². The number of carbonyl (C=O) groups is 3. The van der Waals surface area contributed by atoms with Crippen molar-refractivity contribution in [2.24, 2.45) is 5.10 Å². The maximum absolute atomic E-state index is 12.5. The van der Waals surface area contributed by atoms with E-state index in [1.54, 1.807) is 74.7 Å². The highest BCUT2D eigenvalue weighted by Gasteiger charge is 2.14. The van der Waals surface area contributed by atoms with E-state index in [0.29, 0.717) is 34.8 Å². The number of esters is 1. The summed E-state index contributed by atoms with van der Waals surface area (Å²) in [5, 5.41) is 6.46. The summed E-state index contributed by atoms with van der Waals surface area (Å²) in [5.74, 6) is -0.148. The summed E-state index contributed by atoms with van der Waals surface area (Å²) in [7, 11) is 1.54. The van der Waals surface area contributed by atoms with Crippen LogP contribution < -0.4 is 25.0 Å². The van der Waals surface area contributed by atoms with Crippen LogP contribution in [0.2, 0.25) is 0 Å². The van der Waals surface area contributed by atoms with Gasteiger partial charge in [0.05, 0.1) is 32.0 Å². The van der Waals surface area contributed by atoms with Crippen molar-refractivity contribution in [2.45, 2.75) is 13.8 Å². The van der Waals surface area contributed by atoms with Crippen molar-refractivity contribution in [3.8, 4) is 17.2 Å². The van der Waals surface area contributed by atoms with Gasteiger partial charge in [0.15, 0.2) is 11.5 Å². The molecule has 0 aliphatic rings. The van der Waals surface area contributed by atoms with Crippen LogP contribution in [0.4, 0.5) is 0 Å². The summed E-state index contributed by atoms with van der Waals surface area (Å²) in [4.78, 5) is 36.7. The third-order valence-electron chi connectivity index (χ3n) is 4.89. The fourth-order valence-electron chi connectivity index (χ4n) is 3.11. The fourth-order valence-corrected chi connectivity index (χ4v) is 3.11. The van der Waals surface area contributed by atoms with Crippen molar-refractivity contribution in [2.75, 3.05) is 20.3 Å². The van der Waals surface area contributed by atoms with Crippen molar-refractivity contribution in [3.05, 3.63) is 89.0 Å². The molecule has 36 heavy (non-hydrogen) atoms.